The summed E-state index contributed by atoms with van der Waals surface area (Å²) < 4.78 is 10.4. The Kier molecular flexibility index (Phi) is 9.89. The molecule has 0 aliphatic carbocycles. The number of carbonyl (C=O) groups is 1. The van der Waals surface area contributed by atoms with E-state index in [9.17, 15) is 9.90 Å². The van der Waals surface area contributed by atoms with Crippen molar-refractivity contribution in [3.05, 3.63) is 42.0 Å². The zero-order valence-electron chi connectivity index (χ0n) is 15.9. The number of hydrogen-bond donors (Lipinski definition) is 3. The summed E-state index contributed by atoms with van der Waals surface area (Å²) in [5, 5.41) is 14.4. The standard InChI is InChI=1S/C19H26N2O5S2/c1-13(14-3-4-16-12-17(24-2)6-5-15(16)11-14)18(22)21-19(23)25-7-9-27-28-10-8-26-20/h3-6,11-13,19,23H,7-10,20H2,1-2H3,(H,21,22). The van der Waals surface area contributed by atoms with Crippen LogP contribution < -0.4 is 16.0 Å². The van der Waals surface area contributed by atoms with Crippen molar-refractivity contribution in [1.29, 1.82) is 0 Å². The number of aliphatic hydroxyl groups is 1. The van der Waals surface area contributed by atoms with Crippen molar-refractivity contribution in [3.8, 4) is 5.75 Å². The maximum Gasteiger partial charge on any atom is 0.237 e. The molecule has 4 N–H and O–H groups in total. The zero-order chi connectivity index (χ0) is 20.4. The molecule has 2 aromatic rings. The molecule has 2 rings (SSSR count). The fourth-order valence-corrected chi connectivity index (χ4v) is 4.15. The van der Waals surface area contributed by atoms with Crippen LogP contribution in [0.3, 0.4) is 0 Å². The van der Waals surface area contributed by atoms with Gasteiger partial charge in [-0.2, -0.15) is 0 Å². The van der Waals surface area contributed by atoms with Crippen LogP contribution in [0.25, 0.3) is 10.8 Å². The lowest BCUT2D eigenvalue weighted by molar-refractivity contribution is -0.146. The predicted octanol–water partition coefficient (Wildman–Crippen LogP) is 2.63. The number of methoxy groups -OCH3 is 1. The van der Waals surface area contributed by atoms with E-state index < -0.39 is 12.3 Å². The number of ether oxygens (including phenoxy) is 2. The number of nitrogens with one attached hydrogen (secondary N) is 1. The Morgan fingerprint density at radius 2 is 1.82 bits per heavy atom. The Bertz CT molecular complexity index is 762. The first-order chi connectivity index (χ1) is 13.5. The number of carbonyl (C=O) groups excluding carboxylic acids is 1. The van der Waals surface area contributed by atoms with E-state index in [0.29, 0.717) is 19.0 Å². The average molecular weight is 427 g/mol. The van der Waals surface area contributed by atoms with Crippen LogP contribution in [0.1, 0.15) is 18.4 Å². The van der Waals surface area contributed by atoms with Gasteiger partial charge < -0.3 is 24.7 Å². The molecule has 2 aromatic carbocycles. The van der Waals surface area contributed by atoms with Gasteiger partial charge in [-0.05, 0) is 35.4 Å². The normalized spacial score (nSPS) is 13.3. The quantitative estimate of drug-likeness (QED) is 0.206. The van der Waals surface area contributed by atoms with Crippen LogP contribution in [0.5, 0.6) is 5.75 Å². The van der Waals surface area contributed by atoms with Gasteiger partial charge in [0.25, 0.3) is 0 Å². The first kappa shape index (κ1) is 22.8. The summed E-state index contributed by atoms with van der Waals surface area (Å²) in [6.07, 6.45) is -1.34. The largest absolute Gasteiger partial charge is 0.497 e. The number of nitrogens with two attached hydrogens (primary N) is 1. The fraction of sp³-hybridized carbons (Fsp3) is 0.421. The third-order valence-corrected chi connectivity index (χ3v) is 6.37. The molecule has 0 aromatic heterocycles. The lowest BCUT2D eigenvalue weighted by atomic mass is 9.97. The van der Waals surface area contributed by atoms with E-state index in [2.05, 4.69) is 10.2 Å². The summed E-state index contributed by atoms with van der Waals surface area (Å²) in [7, 11) is 4.82. The van der Waals surface area contributed by atoms with Gasteiger partial charge in [0.1, 0.15) is 5.75 Å². The Morgan fingerprint density at radius 3 is 2.54 bits per heavy atom. The number of rotatable bonds is 12. The van der Waals surface area contributed by atoms with Gasteiger partial charge in [0, 0.05) is 11.5 Å². The molecule has 154 valence electrons. The van der Waals surface area contributed by atoms with Gasteiger partial charge in [-0.15, -0.1) is 0 Å². The molecule has 0 saturated carbocycles. The fourth-order valence-electron chi connectivity index (χ4n) is 2.47. The lowest BCUT2D eigenvalue weighted by Gasteiger charge is -2.17. The number of benzene rings is 2. The summed E-state index contributed by atoms with van der Waals surface area (Å²) >= 11 is 0. The van der Waals surface area contributed by atoms with Gasteiger partial charge >= 0.3 is 0 Å². The second-order valence-electron chi connectivity index (χ2n) is 5.94. The van der Waals surface area contributed by atoms with E-state index >= 15 is 0 Å². The third kappa shape index (κ3) is 7.16. The van der Waals surface area contributed by atoms with E-state index in [0.717, 1.165) is 27.8 Å². The minimum Gasteiger partial charge on any atom is -0.497 e. The van der Waals surface area contributed by atoms with E-state index in [4.69, 9.17) is 15.4 Å². The molecule has 0 fully saturated rings. The van der Waals surface area contributed by atoms with Crippen molar-refractivity contribution < 1.29 is 24.2 Å². The predicted molar refractivity (Wildman–Crippen MR) is 114 cm³/mol. The first-order valence-corrected chi connectivity index (χ1v) is 11.3. The van der Waals surface area contributed by atoms with Crippen molar-refractivity contribution in [1.82, 2.24) is 5.32 Å². The van der Waals surface area contributed by atoms with Crippen molar-refractivity contribution in [2.75, 3.05) is 31.8 Å². The molecule has 9 heteroatoms. The maximum atomic E-state index is 12.4. The van der Waals surface area contributed by atoms with Gasteiger partial charge in [0.05, 0.1) is 26.2 Å². The molecule has 28 heavy (non-hydrogen) atoms. The lowest BCUT2D eigenvalue weighted by Crippen LogP contribution is -2.39. The SMILES string of the molecule is COc1ccc2cc(C(C)C(=O)NC(O)OCCSSCCON)ccc2c1. The maximum absolute atomic E-state index is 12.4. The van der Waals surface area contributed by atoms with Crippen LogP contribution in [-0.2, 0) is 14.4 Å². The number of amides is 1. The Hall–Kier alpha value is -1.49. The average Bonchev–Trinajstić information content (AvgIpc) is 2.71. The van der Waals surface area contributed by atoms with Crippen LogP contribution in [-0.4, -0.2) is 49.3 Å². The summed E-state index contributed by atoms with van der Waals surface area (Å²) in [5.74, 6) is 6.44. The van der Waals surface area contributed by atoms with Gasteiger partial charge in [-0.1, -0.05) is 45.9 Å². The van der Waals surface area contributed by atoms with E-state index in [1.807, 2.05) is 36.4 Å². The first-order valence-electron chi connectivity index (χ1n) is 8.79. The van der Waals surface area contributed by atoms with Crippen molar-refractivity contribution >= 4 is 38.3 Å². The molecule has 0 saturated heterocycles. The van der Waals surface area contributed by atoms with Crippen molar-refractivity contribution in [2.24, 2.45) is 5.90 Å². The second-order valence-corrected chi connectivity index (χ2v) is 8.64. The van der Waals surface area contributed by atoms with Crippen LogP contribution in [0.15, 0.2) is 36.4 Å². The van der Waals surface area contributed by atoms with E-state index in [1.54, 1.807) is 35.6 Å². The molecule has 0 aliphatic heterocycles. The molecule has 2 atom stereocenters. The number of hydrogen-bond acceptors (Lipinski definition) is 8. The smallest absolute Gasteiger partial charge is 0.237 e. The Labute approximate surface area is 172 Å². The monoisotopic (exact) mass is 426 g/mol. The molecule has 0 aliphatic rings. The Morgan fingerprint density at radius 1 is 1.14 bits per heavy atom. The van der Waals surface area contributed by atoms with Crippen LogP contribution >= 0.6 is 21.6 Å². The topological polar surface area (TPSA) is 103 Å². The molecule has 0 radical (unpaired) electrons. The van der Waals surface area contributed by atoms with Gasteiger partial charge in [0.15, 0.2) is 0 Å². The molecule has 0 heterocycles. The molecule has 0 bridgehead atoms. The zero-order valence-corrected chi connectivity index (χ0v) is 17.6. The van der Waals surface area contributed by atoms with Crippen molar-refractivity contribution in [2.45, 2.75) is 19.3 Å². The molecule has 2 unspecified atom stereocenters. The highest BCUT2D eigenvalue weighted by Crippen LogP contribution is 2.25. The Balaban J connectivity index is 1.80. The van der Waals surface area contributed by atoms with E-state index in [1.165, 1.54) is 0 Å². The highest BCUT2D eigenvalue weighted by atomic mass is 33.1. The highest BCUT2D eigenvalue weighted by Gasteiger charge is 2.18. The van der Waals surface area contributed by atoms with Gasteiger partial charge in [-0.3, -0.25) is 4.79 Å². The molecule has 1 amide bonds. The van der Waals surface area contributed by atoms with Gasteiger partial charge in [0.2, 0.25) is 12.3 Å². The summed E-state index contributed by atoms with van der Waals surface area (Å²) in [5.41, 5.74) is 0.858. The van der Waals surface area contributed by atoms with Crippen LogP contribution in [0.4, 0.5) is 0 Å². The number of aliphatic hydroxyl groups excluding tert-OH is 1. The van der Waals surface area contributed by atoms with Crippen LogP contribution in [0, 0.1) is 0 Å². The summed E-state index contributed by atoms with van der Waals surface area (Å²) in [6, 6.07) is 11.6. The van der Waals surface area contributed by atoms with E-state index in [-0.39, 0.29) is 5.91 Å². The molecular weight excluding hydrogens is 400 g/mol. The molecule has 7 nitrogen and oxygen atoms in total. The summed E-state index contributed by atoms with van der Waals surface area (Å²) in [4.78, 5) is 16.9. The van der Waals surface area contributed by atoms with Crippen molar-refractivity contribution in [3.63, 3.8) is 0 Å². The summed E-state index contributed by atoms with van der Waals surface area (Å²) in [6.45, 7) is 2.59. The minimum atomic E-state index is -1.34. The van der Waals surface area contributed by atoms with Gasteiger partial charge in [-0.25, -0.2) is 5.90 Å². The second kappa shape index (κ2) is 12.2. The number of fused-ring (bicyclic) bond motifs is 1. The minimum absolute atomic E-state index is 0.303. The molecular formula is C19H26N2O5S2. The highest BCUT2D eigenvalue weighted by molar-refractivity contribution is 8.76. The third-order valence-electron chi connectivity index (χ3n) is 4.04. The molecule has 0 spiro atoms. The van der Waals surface area contributed by atoms with Crippen LogP contribution in [0.2, 0.25) is 0 Å².